The van der Waals surface area contributed by atoms with Crippen LogP contribution in [-0.4, -0.2) is 21.3 Å². The lowest BCUT2D eigenvalue weighted by Crippen LogP contribution is -1.88. The molecular formula is C18H15N3O. The molecule has 0 aliphatic rings. The van der Waals surface area contributed by atoms with Gasteiger partial charge in [0.25, 0.3) is 0 Å². The summed E-state index contributed by atoms with van der Waals surface area (Å²) in [6.07, 6.45) is 7.35. The molecule has 0 saturated heterocycles. The summed E-state index contributed by atoms with van der Waals surface area (Å²) in [5.74, 6) is 0.242. The van der Waals surface area contributed by atoms with Gasteiger partial charge < -0.3 is 5.11 Å². The Labute approximate surface area is 128 Å². The van der Waals surface area contributed by atoms with Crippen molar-refractivity contribution < 1.29 is 5.11 Å². The van der Waals surface area contributed by atoms with Crippen molar-refractivity contribution in [1.29, 1.82) is 0 Å². The summed E-state index contributed by atoms with van der Waals surface area (Å²) < 4.78 is 0. The molecule has 3 aromatic rings. The lowest BCUT2D eigenvalue weighted by molar-refractivity contribution is 0.469. The predicted octanol–water partition coefficient (Wildman–Crippen LogP) is 3.81. The second kappa shape index (κ2) is 6.18. The van der Waals surface area contributed by atoms with Crippen molar-refractivity contribution in [2.24, 2.45) is 4.99 Å². The fourth-order valence-corrected chi connectivity index (χ4v) is 2.21. The maximum absolute atomic E-state index is 10.2. The third-order valence-electron chi connectivity index (χ3n) is 3.32. The summed E-state index contributed by atoms with van der Waals surface area (Å²) in [5, 5.41) is 10.2. The highest BCUT2D eigenvalue weighted by Gasteiger charge is 2.04. The van der Waals surface area contributed by atoms with Gasteiger partial charge in [0.1, 0.15) is 5.75 Å². The first-order valence-corrected chi connectivity index (χ1v) is 6.94. The zero-order chi connectivity index (χ0) is 15.4. The summed E-state index contributed by atoms with van der Waals surface area (Å²) >= 11 is 0. The van der Waals surface area contributed by atoms with Crippen molar-refractivity contribution >= 4 is 22.9 Å². The van der Waals surface area contributed by atoms with Gasteiger partial charge in [-0.15, -0.1) is 6.58 Å². The second-order valence-corrected chi connectivity index (χ2v) is 4.84. The minimum atomic E-state index is 0.242. The van der Waals surface area contributed by atoms with Crippen molar-refractivity contribution in [3.8, 4) is 5.75 Å². The molecular weight excluding hydrogens is 274 g/mol. The number of allylic oxidation sites excluding steroid dienone is 1. The summed E-state index contributed by atoms with van der Waals surface area (Å²) in [7, 11) is 0. The number of aromatic nitrogens is 2. The molecule has 0 aliphatic heterocycles. The summed E-state index contributed by atoms with van der Waals surface area (Å²) in [5.41, 5.74) is 3.91. The van der Waals surface area contributed by atoms with Gasteiger partial charge in [0.2, 0.25) is 0 Å². The van der Waals surface area contributed by atoms with E-state index in [1.807, 2.05) is 36.4 Å². The van der Waals surface area contributed by atoms with Crippen molar-refractivity contribution in [2.75, 3.05) is 0 Å². The van der Waals surface area contributed by atoms with Crippen molar-refractivity contribution in [1.82, 2.24) is 9.97 Å². The lowest BCUT2D eigenvalue weighted by atomic mass is 10.1. The van der Waals surface area contributed by atoms with Gasteiger partial charge in [-0.05, 0) is 36.2 Å². The van der Waals surface area contributed by atoms with Crippen molar-refractivity contribution in [3.05, 3.63) is 72.6 Å². The third kappa shape index (κ3) is 2.86. The Kier molecular flexibility index (Phi) is 3.92. The Bertz CT molecular complexity index is 856. The van der Waals surface area contributed by atoms with Gasteiger partial charge in [0.05, 0.1) is 16.7 Å². The minimum Gasteiger partial charge on any atom is -0.507 e. The monoisotopic (exact) mass is 289 g/mol. The molecule has 2 aromatic carbocycles. The maximum Gasteiger partial charge on any atom is 0.127 e. The van der Waals surface area contributed by atoms with Gasteiger partial charge in [0, 0.05) is 24.2 Å². The number of aromatic hydroxyl groups is 1. The minimum absolute atomic E-state index is 0.242. The van der Waals surface area contributed by atoms with Gasteiger partial charge in [0.15, 0.2) is 0 Å². The van der Waals surface area contributed by atoms with Crippen LogP contribution in [0.15, 0.2) is 66.4 Å². The molecule has 0 radical (unpaired) electrons. The number of hydrogen-bond donors (Lipinski definition) is 1. The largest absolute Gasteiger partial charge is 0.507 e. The average Bonchev–Trinajstić information content (AvgIpc) is 2.56. The number of rotatable bonds is 4. The van der Waals surface area contributed by atoms with Gasteiger partial charge in [-0.2, -0.15) is 0 Å². The van der Waals surface area contributed by atoms with Crippen LogP contribution in [0.4, 0.5) is 5.69 Å². The van der Waals surface area contributed by atoms with Crippen molar-refractivity contribution in [3.63, 3.8) is 0 Å². The van der Waals surface area contributed by atoms with Crippen LogP contribution in [-0.2, 0) is 6.42 Å². The molecule has 1 N–H and O–H groups in total. The first-order chi connectivity index (χ1) is 10.8. The molecule has 1 aromatic heterocycles. The summed E-state index contributed by atoms with van der Waals surface area (Å²) in [4.78, 5) is 12.9. The topological polar surface area (TPSA) is 58.4 Å². The van der Waals surface area contributed by atoms with Crippen molar-refractivity contribution in [2.45, 2.75) is 6.42 Å². The Morgan fingerprint density at radius 2 is 1.91 bits per heavy atom. The SMILES string of the molecule is C=CCc1cccc(C=Nc2ccc3nccnc3c2)c1O. The molecule has 0 aliphatic carbocycles. The van der Waals surface area contributed by atoms with Crippen LogP contribution in [0.2, 0.25) is 0 Å². The second-order valence-electron chi connectivity index (χ2n) is 4.84. The Morgan fingerprint density at radius 3 is 2.73 bits per heavy atom. The van der Waals surface area contributed by atoms with Gasteiger partial charge >= 0.3 is 0 Å². The van der Waals surface area contributed by atoms with Crippen LogP contribution in [0, 0.1) is 0 Å². The number of fused-ring (bicyclic) bond motifs is 1. The predicted molar refractivity (Wildman–Crippen MR) is 88.8 cm³/mol. The summed E-state index contributed by atoms with van der Waals surface area (Å²) in [6, 6.07) is 11.2. The molecule has 4 heteroatoms. The maximum atomic E-state index is 10.2. The standard InChI is InChI=1S/C18H15N3O/c1-2-4-13-5-3-6-14(18(13)22)12-21-15-7-8-16-17(11-15)20-10-9-19-16/h2-3,5-12,22H,1,4H2. The van der Waals surface area contributed by atoms with Crippen LogP contribution < -0.4 is 0 Å². The molecule has 4 nitrogen and oxygen atoms in total. The van der Waals surface area contributed by atoms with E-state index in [0.717, 1.165) is 22.3 Å². The van der Waals surface area contributed by atoms with Crippen LogP contribution in [0.3, 0.4) is 0 Å². The first kappa shape index (κ1) is 13.9. The van der Waals surface area contributed by atoms with E-state index in [1.165, 1.54) is 0 Å². The third-order valence-corrected chi connectivity index (χ3v) is 3.32. The number of nitrogens with zero attached hydrogens (tertiary/aromatic N) is 3. The first-order valence-electron chi connectivity index (χ1n) is 6.94. The molecule has 1 heterocycles. The van der Waals surface area contributed by atoms with E-state index >= 15 is 0 Å². The Balaban J connectivity index is 1.92. The van der Waals surface area contributed by atoms with E-state index in [4.69, 9.17) is 0 Å². The zero-order valence-corrected chi connectivity index (χ0v) is 12.0. The summed E-state index contributed by atoms with van der Waals surface area (Å²) in [6.45, 7) is 3.69. The fraction of sp³-hybridized carbons (Fsp3) is 0.0556. The number of phenols is 1. The molecule has 22 heavy (non-hydrogen) atoms. The van der Waals surface area contributed by atoms with E-state index in [1.54, 1.807) is 24.7 Å². The molecule has 0 saturated carbocycles. The van der Waals surface area contributed by atoms with Crippen LogP contribution >= 0.6 is 0 Å². The van der Waals surface area contributed by atoms with E-state index < -0.39 is 0 Å². The van der Waals surface area contributed by atoms with Gasteiger partial charge in [-0.1, -0.05) is 18.2 Å². The quantitative estimate of drug-likeness (QED) is 0.587. The highest BCUT2D eigenvalue weighted by molar-refractivity contribution is 5.87. The molecule has 0 amide bonds. The zero-order valence-electron chi connectivity index (χ0n) is 12.0. The number of phenolic OH excluding ortho intramolecular Hbond substituents is 1. The molecule has 0 spiro atoms. The molecule has 0 unspecified atom stereocenters. The van der Waals surface area contributed by atoms with Crippen LogP contribution in [0.5, 0.6) is 5.75 Å². The molecule has 0 fully saturated rings. The molecule has 108 valence electrons. The average molecular weight is 289 g/mol. The van der Waals surface area contributed by atoms with E-state index in [0.29, 0.717) is 12.0 Å². The number of para-hydroxylation sites is 1. The normalized spacial score (nSPS) is 11.1. The molecule has 0 bridgehead atoms. The number of aliphatic imine (C=N–C) groups is 1. The van der Waals surface area contributed by atoms with Gasteiger partial charge in [-0.25, -0.2) is 0 Å². The Morgan fingerprint density at radius 1 is 1.09 bits per heavy atom. The fourth-order valence-electron chi connectivity index (χ4n) is 2.21. The van der Waals surface area contributed by atoms with Crippen LogP contribution in [0.25, 0.3) is 11.0 Å². The van der Waals surface area contributed by atoms with E-state index in [-0.39, 0.29) is 5.75 Å². The molecule has 3 rings (SSSR count). The lowest BCUT2D eigenvalue weighted by Gasteiger charge is -2.04. The van der Waals surface area contributed by atoms with Gasteiger partial charge in [-0.3, -0.25) is 15.0 Å². The highest BCUT2D eigenvalue weighted by atomic mass is 16.3. The number of hydrogen-bond acceptors (Lipinski definition) is 4. The van der Waals surface area contributed by atoms with Crippen LogP contribution in [0.1, 0.15) is 11.1 Å². The van der Waals surface area contributed by atoms with E-state index in [9.17, 15) is 5.11 Å². The Hall–Kier alpha value is -3.01. The van der Waals surface area contributed by atoms with E-state index in [2.05, 4.69) is 21.5 Å². The number of benzene rings is 2. The smallest absolute Gasteiger partial charge is 0.127 e. The molecule has 0 atom stereocenters. The highest BCUT2D eigenvalue weighted by Crippen LogP contribution is 2.23.